The van der Waals surface area contributed by atoms with E-state index in [9.17, 15) is 32.9 Å². The van der Waals surface area contributed by atoms with Gasteiger partial charge < -0.3 is 14.8 Å². The summed E-state index contributed by atoms with van der Waals surface area (Å²) in [5, 5.41) is 12.6. The summed E-state index contributed by atoms with van der Waals surface area (Å²) in [5.41, 5.74) is -2.82. The van der Waals surface area contributed by atoms with E-state index < -0.39 is 52.1 Å². The van der Waals surface area contributed by atoms with Gasteiger partial charge >= 0.3 is 12.1 Å². The second kappa shape index (κ2) is 7.68. The Hall–Kier alpha value is -2.69. The number of hydrogen-bond acceptors (Lipinski definition) is 6. The highest BCUT2D eigenvalue weighted by Gasteiger charge is 2.36. The average molecular weight is 376 g/mol. The van der Waals surface area contributed by atoms with Crippen LogP contribution in [0.15, 0.2) is 18.2 Å². The molecule has 11 heteroatoms. The number of anilines is 1. The Morgan fingerprint density at radius 1 is 1.42 bits per heavy atom. The van der Waals surface area contributed by atoms with Crippen molar-refractivity contribution in [2.45, 2.75) is 38.1 Å². The van der Waals surface area contributed by atoms with Crippen LogP contribution >= 0.6 is 0 Å². The van der Waals surface area contributed by atoms with E-state index in [0.29, 0.717) is 25.5 Å². The summed E-state index contributed by atoms with van der Waals surface area (Å²) in [4.78, 5) is 33.5. The van der Waals surface area contributed by atoms with Crippen LogP contribution in [0.3, 0.4) is 0 Å². The van der Waals surface area contributed by atoms with Crippen LogP contribution in [0.4, 0.5) is 24.5 Å². The fourth-order valence-electron chi connectivity index (χ4n) is 2.29. The van der Waals surface area contributed by atoms with Crippen molar-refractivity contribution in [1.29, 1.82) is 0 Å². The lowest BCUT2D eigenvalue weighted by Gasteiger charge is -2.18. The molecule has 1 amide bonds. The second-order valence-electron chi connectivity index (χ2n) is 5.55. The van der Waals surface area contributed by atoms with Crippen molar-refractivity contribution < 1.29 is 37.2 Å². The van der Waals surface area contributed by atoms with Crippen LogP contribution in [0.5, 0.6) is 0 Å². The molecule has 26 heavy (non-hydrogen) atoms. The minimum absolute atomic E-state index is 0.318. The van der Waals surface area contributed by atoms with Crippen molar-refractivity contribution >= 4 is 23.3 Å². The number of amides is 1. The van der Waals surface area contributed by atoms with Gasteiger partial charge in [-0.25, -0.2) is 4.79 Å². The maximum absolute atomic E-state index is 13.1. The normalized spacial score (nSPS) is 18.2. The Labute approximate surface area is 145 Å². The molecular weight excluding hydrogens is 361 g/mol. The van der Waals surface area contributed by atoms with Crippen molar-refractivity contribution in [3.63, 3.8) is 0 Å². The van der Waals surface area contributed by atoms with Crippen molar-refractivity contribution in [1.82, 2.24) is 0 Å². The lowest BCUT2D eigenvalue weighted by Crippen LogP contribution is -2.34. The van der Waals surface area contributed by atoms with Gasteiger partial charge in [0.25, 0.3) is 11.6 Å². The first kappa shape index (κ1) is 19.6. The molecule has 1 aromatic carbocycles. The molecule has 1 fully saturated rings. The van der Waals surface area contributed by atoms with Crippen LogP contribution in [-0.2, 0) is 25.2 Å². The second-order valence-corrected chi connectivity index (χ2v) is 5.55. The zero-order valence-electron chi connectivity index (χ0n) is 13.5. The summed E-state index contributed by atoms with van der Waals surface area (Å²) in [7, 11) is 0. The van der Waals surface area contributed by atoms with E-state index in [4.69, 9.17) is 9.47 Å². The maximum Gasteiger partial charge on any atom is 0.418 e. The number of nitrogens with one attached hydrogen (secondary N) is 1. The van der Waals surface area contributed by atoms with Gasteiger partial charge in [-0.2, -0.15) is 13.2 Å². The monoisotopic (exact) mass is 376 g/mol. The number of non-ortho nitro benzene ring substituents is 1. The number of esters is 1. The molecule has 1 aliphatic rings. The maximum atomic E-state index is 13.1. The number of nitro benzene ring substituents is 1. The molecule has 1 aliphatic heterocycles. The van der Waals surface area contributed by atoms with Gasteiger partial charge in [-0.1, -0.05) is 0 Å². The predicted octanol–water partition coefficient (Wildman–Crippen LogP) is 2.66. The van der Waals surface area contributed by atoms with Gasteiger partial charge in [0, 0.05) is 18.7 Å². The van der Waals surface area contributed by atoms with Gasteiger partial charge in [-0.15, -0.1) is 0 Å². The molecule has 0 bridgehead atoms. The van der Waals surface area contributed by atoms with Crippen LogP contribution < -0.4 is 5.32 Å². The molecule has 1 heterocycles. The largest absolute Gasteiger partial charge is 0.451 e. The van der Waals surface area contributed by atoms with Gasteiger partial charge in [0.05, 0.1) is 16.2 Å². The summed E-state index contributed by atoms with van der Waals surface area (Å²) in [5.74, 6) is -1.78. The van der Waals surface area contributed by atoms with E-state index in [1.54, 1.807) is 0 Å². The fourth-order valence-corrected chi connectivity index (χ4v) is 2.29. The highest BCUT2D eigenvalue weighted by atomic mass is 19.4. The van der Waals surface area contributed by atoms with Gasteiger partial charge in [-0.3, -0.25) is 14.9 Å². The van der Waals surface area contributed by atoms with E-state index in [1.165, 1.54) is 6.92 Å². The summed E-state index contributed by atoms with van der Waals surface area (Å²) in [6.07, 6.45) is -5.99. The molecule has 142 valence electrons. The first-order valence-corrected chi connectivity index (χ1v) is 7.58. The number of carbonyl (C=O) groups excluding carboxylic acids is 2. The predicted molar refractivity (Wildman–Crippen MR) is 81.3 cm³/mol. The minimum atomic E-state index is -4.92. The van der Waals surface area contributed by atoms with Gasteiger partial charge in [-0.05, 0) is 25.8 Å². The third-order valence-corrected chi connectivity index (χ3v) is 3.63. The zero-order valence-corrected chi connectivity index (χ0v) is 13.5. The molecule has 0 aliphatic carbocycles. The molecule has 0 unspecified atom stereocenters. The van der Waals surface area contributed by atoms with Gasteiger partial charge in [0.1, 0.15) is 0 Å². The number of nitrogens with zero attached hydrogens (tertiary/aromatic N) is 1. The minimum Gasteiger partial charge on any atom is -0.451 e. The van der Waals surface area contributed by atoms with E-state index in [1.807, 2.05) is 5.32 Å². The standard InChI is InChI=1S/C15H15F3N2O6/c1-8(26-14(22)12-3-2-6-25-12)13(21)19-11-5-4-9(20(23)24)7-10(11)15(16,17)18/h4-5,7-8,12H,2-3,6H2,1H3,(H,19,21)/t8-,12-/m0/s1. The molecule has 1 N–H and O–H groups in total. The Morgan fingerprint density at radius 3 is 2.65 bits per heavy atom. The van der Waals surface area contributed by atoms with Crippen molar-refractivity contribution in [2.75, 3.05) is 11.9 Å². The number of hydrogen-bond donors (Lipinski definition) is 1. The molecule has 2 rings (SSSR count). The molecule has 2 atom stereocenters. The molecule has 8 nitrogen and oxygen atoms in total. The molecule has 0 saturated carbocycles. The van der Waals surface area contributed by atoms with E-state index in [0.717, 1.165) is 12.1 Å². The Balaban J connectivity index is 2.12. The summed E-state index contributed by atoms with van der Waals surface area (Å²) < 4.78 is 49.2. The Bertz CT molecular complexity index is 716. The van der Waals surface area contributed by atoms with Crippen molar-refractivity contribution in [2.24, 2.45) is 0 Å². The SMILES string of the molecule is C[C@H](OC(=O)[C@@H]1CCCO1)C(=O)Nc1ccc([N+](=O)[O-])cc1C(F)(F)F. The molecule has 0 aromatic heterocycles. The highest BCUT2D eigenvalue weighted by Crippen LogP contribution is 2.37. The number of halogens is 3. The summed E-state index contributed by atoms with van der Waals surface area (Å²) >= 11 is 0. The lowest BCUT2D eigenvalue weighted by molar-refractivity contribution is -0.385. The van der Waals surface area contributed by atoms with E-state index in [-0.39, 0.29) is 0 Å². The summed E-state index contributed by atoms with van der Waals surface area (Å²) in [6, 6.07) is 1.92. The smallest absolute Gasteiger partial charge is 0.418 e. The van der Waals surface area contributed by atoms with Gasteiger partial charge in [0.15, 0.2) is 12.2 Å². The Kier molecular flexibility index (Phi) is 5.80. The number of alkyl halides is 3. The van der Waals surface area contributed by atoms with Crippen LogP contribution in [0.1, 0.15) is 25.3 Å². The number of benzene rings is 1. The first-order valence-electron chi connectivity index (χ1n) is 7.58. The highest BCUT2D eigenvalue weighted by molar-refractivity contribution is 5.96. The number of carbonyl (C=O) groups is 2. The van der Waals surface area contributed by atoms with E-state index in [2.05, 4.69) is 0 Å². The van der Waals surface area contributed by atoms with Crippen LogP contribution in [0, 0.1) is 10.1 Å². The van der Waals surface area contributed by atoms with E-state index >= 15 is 0 Å². The molecule has 0 spiro atoms. The average Bonchev–Trinajstić information content (AvgIpc) is 3.08. The first-order chi connectivity index (χ1) is 12.1. The third kappa shape index (κ3) is 4.69. The summed E-state index contributed by atoms with van der Waals surface area (Å²) in [6.45, 7) is 1.58. The third-order valence-electron chi connectivity index (χ3n) is 3.63. The molecule has 1 saturated heterocycles. The molecule has 1 aromatic rings. The van der Waals surface area contributed by atoms with Crippen LogP contribution in [0.2, 0.25) is 0 Å². The fraction of sp³-hybridized carbons (Fsp3) is 0.467. The van der Waals surface area contributed by atoms with Crippen molar-refractivity contribution in [3.8, 4) is 0 Å². The molecular formula is C15H15F3N2O6. The Morgan fingerprint density at radius 2 is 2.12 bits per heavy atom. The van der Waals surface area contributed by atoms with Crippen LogP contribution in [-0.4, -0.2) is 35.6 Å². The topological polar surface area (TPSA) is 108 Å². The number of ether oxygens (including phenoxy) is 2. The van der Waals surface area contributed by atoms with Crippen LogP contribution in [0.25, 0.3) is 0 Å². The van der Waals surface area contributed by atoms with Crippen molar-refractivity contribution in [3.05, 3.63) is 33.9 Å². The quantitative estimate of drug-likeness (QED) is 0.481. The molecule has 0 radical (unpaired) electrons. The number of rotatable bonds is 5. The lowest BCUT2D eigenvalue weighted by atomic mass is 10.1. The zero-order chi connectivity index (χ0) is 19.5. The number of nitro groups is 1. The van der Waals surface area contributed by atoms with Gasteiger partial charge in [0.2, 0.25) is 0 Å².